The maximum Gasteiger partial charge on any atom is 0.269 e. The van der Waals surface area contributed by atoms with E-state index in [1.54, 1.807) is 19.3 Å². The summed E-state index contributed by atoms with van der Waals surface area (Å²) in [5.74, 6) is 0.582. The van der Waals surface area contributed by atoms with Crippen LogP contribution in [0.4, 0.5) is 0 Å². The first-order valence-electron chi connectivity index (χ1n) is 8.31. The molecule has 1 heterocycles. The SMILES string of the molecule is Cn1nccc1C(=O)NC[C@H]1CCC[C@@H](Oc2ccccc2)[C@@H]1O. The summed E-state index contributed by atoms with van der Waals surface area (Å²) in [6.07, 6.45) is 3.43. The largest absolute Gasteiger partial charge is 0.488 e. The number of aliphatic hydroxyl groups excluding tert-OH is 1. The van der Waals surface area contributed by atoms with Gasteiger partial charge >= 0.3 is 0 Å². The molecule has 2 N–H and O–H groups in total. The van der Waals surface area contributed by atoms with E-state index in [4.69, 9.17) is 4.74 Å². The van der Waals surface area contributed by atoms with Gasteiger partial charge in [-0.25, -0.2) is 0 Å². The zero-order valence-electron chi connectivity index (χ0n) is 13.8. The van der Waals surface area contributed by atoms with Gasteiger partial charge in [0.15, 0.2) is 0 Å². The van der Waals surface area contributed by atoms with Gasteiger partial charge in [-0.05, 0) is 37.5 Å². The van der Waals surface area contributed by atoms with Gasteiger partial charge in [0.25, 0.3) is 5.91 Å². The van der Waals surface area contributed by atoms with E-state index < -0.39 is 6.10 Å². The van der Waals surface area contributed by atoms with E-state index in [1.165, 1.54) is 4.68 Å². The number of aliphatic hydroxyl groups is 1. The van der Waals surface area contributed by atoms with Crippen molar-refractivity contribution in [3.8, 4) is 5.75 Å². The highest BCUT2D eigenvalue weighted by Crippen LogP contribution is 2.28. The molecule has 1 saturated carbocycles. The molecular weight excluding hydrogens is 306 g/mol. The third kappa shape index (κ3) is 3.76. The maximum absolute atomic E-state index is 12.2. The van der Waals surface area contributed by atoms with Crippen LogP contribution in [0, 0.1) is 5.92 Å². The average Bonchev–Trinajstić information content (AvgIpc) is 3.02. The van der Waals surface area contributed by atoms with Gasteiger partial charge in [-0.3, -0.25) is 9.48 Å². The van der Waals surface area contributed by atoms with Crippen molar-refractivity contribution in [2.24, 2.45) is 13.0 Å². The van der Waals surface area contributed by atoms with Gasteiger partial charge in [0, 0.05) is 25.7 Å². The molecule has 128 valence electrons. The second-order valence-electron chi connectivity index (χ2n) is 6.20. The van der Waals surface area contributed by atoms with Crippen LogP contribution in [0.3, 0.4) is 0 Å². The number of nitrogens with zero attached hydrogens (tertiary/aromatic N) is 2. The molecule has 0 aliphatic heterocycles. The minimum atomic E-state index is -0.592. The predicted octanol–water partition coefficient (Wildman–Crippen LogP) is 1.76. The molecule has 1 aromatic heterocycles. The van der Waals surface area contributed by atoms with Crippen molar-refractivity contribution in [2.75, 3.05) is 6.54 Å². The quantitative estimate of drug-likeness (QED) is 0.876. The molecule has 0 radical (unpaired) electrons. The van der Waals surface area contributed by atoms with E-state index in [0.717, 1.165) is 25.0 Å². The van der Waals surface area contributed by atoms with Crippen molar-refractivity contribution in [3.05, 3.63) is 48.3 Å². The zero-order valence-corrected chi connectivity index (χ0v) is 13.8. The summed E-state index contributed by atoms with van der Waals surface area (Å²) >= 11 is 0. The summed E-state index contributed by atoms with van der Waals surface area (Å²) in [6.45, 7) is 0.430. The van der Waals surface area contributed by atoms with Crippen LogP contribution in [-0.4, -0.2) is 39.5 Å². The Balaban J connectivity index is 1.56. The molecule has 0 unspecified atom stereocenters. The average molecular weight is 329 g/mol. The highest BCUT2D eigenvalue weighted by atomic mass is 16.5. The summed E-state index contributed by atoms with van der Waals surface area (Å²) in [5, 5.41) is 17.5. The number of aryl methyl sites for hydroxylation is 1. The van der Waals surface area contributed by atoms with Crippen molar-refractivity contribution in [1.82, 2.24) is 15.1 Å². The first kappa shape index (κ1) is 16.5. The minimum absolute atomic E-state index is 0.00959. The highest BCUT2D eigenvalue weighted by molar-refractivity contribution is 5.92. The molecule has 6 heteroatoms. The van der Waals surface area contributed by atoms with Crippen molar-refractivity contribution in [3.63, 3.8) is 0 Å². The number of amides is 1. The van der Waals surface area contributed by atoms with Crippen molar-refractivity contribution < 1.29 is 14.6 Å². The Morgan fingerprint density at radius 2 is 2.12 bits per heavy atom. The fourth-order valence-corrected chi connectivity index (χ4v) is 3.16. The molecule has 0 saturated heterocycles. The van der Waals surface area contributed by atoms with Crippen LogP contribution < -0.4 is 10.1 Å². The van der Waals surface area contributed by atoms with Crippen LogP contribution in [0.15, 0.2) is 42.6 Å². The molecule has 2 aromatic rings. The van der Waals surface area contributed by atoms with E-state index in [-0.39, 0.29) is 17.9 Å². The van der Waals surface area contributed by atoms with Crippen LogP contribution in [0.25, 0.3) is 0 Å². The van der Waals surface area contributed by atoms with Crippen LogP contribution in [0.1, 0.15) is 29.8 Å². The van der Waals surface area contributed by atoms with Gasteiger partial charge in [-0.2, -0.15) is 5.10 Å². The number of ether oxygens (including phenoxy) is 1. The Kier molecular flexibility index (Phi) is 5.15. The number of hydrogen-bond donors (Lipinski definition) is 2. The molecule has 1 amide bonds. The summed E-state index contributed by atoms with van der Waals surface area (Å²) in [7, 11) is 1.73. The lowest BCUT2D eigenvalue weighted by Gasteiger charge is -2.35. The normalized spacial score (nSPS) is 23.7. The predicted molar refractivity (Wildman–Crippen MR) is 89.7 cm³/mol. The third-order valence-corrected chi connectivity index (χ3v) is 4.54. The maximum atomic E-state index is 12.2. The zero-order chi connectivity index (χ0) is 16.9. The molecule has 1 aliphatic carbocycles. The highest BCUT2D eigenvalue weighted by Gasteiger charge is 2.33. The fourth-order valence-electron chi connectivity index (χ4n) is 3.16. The summed E-state index contributed by atoms with van der Waals surface area (Å²) in [4.78, 5) is 12.2. The summed E-state index contributed by atoms with van der Waals surface area (Å²) < 4.78 is 7.45. The minimum Gasteiger partial charge on any atom is -0.488 e. The van der Waals surface area contributed by atoms with Gasteiger partial charge < -0.3 is 15.2 Å². The molecule has 24 heavy (non-hydrogen) atoms. The van der Waals surface area contributed by atoms with Crippen molar-refractivity contribution in [2.45, 2.75) is 31.5 Å². The van der Waals surface area contributed by atoms with E-state index in [2.05, 4.69) is 10.4 Å². The molecule has 6 nitrogen and oxygen atoms in total. The Morgan fingerprint density at radius 3 is 2.83 bits per heavy atom. The molecular formula is C18H23N3O3. The second-order valence-corrected chi connectivity index (χ2v) is 6.20. The first-order chi connectivity index (χ1) is 11.6. The Hall–Kier alpha value is -2.34. The van der Waals surface area contributed by atoms with Crippen molar-refractivity contribution >= 4 is 5.91 Å². The van der Waals surface area contributed by atoms with E-state index >= 15 is 0 Å². The lowest BCUT2D eigenvalue weighted by molar-refractivity contribution is -0.0301. The van der Waals surface area contributed by atoms with Gasteiger partial charge in [0.1, 0.15) is 17.5 Å². The van der Waals surface area contributed by atoms with Gasteiger partial charge in [-0.1, -0.05) is 18.2 Å². The topological polar surface area (TPSA) is 76.4 Å². The number of aromatic nitrogens is 2. The van der Waals surface area contributed by atoms with Gasteiger partial charge in [-0.15, -0.1) is 0 Å². The summed E-state index contributed by atoms with van der Waals surface area (Å²) in [5.41, 5.74) is 0.511. The summed E-state index contributed by atoms with van der Waals surface area (Å²) in [6, 6.07) is 11.2. The third-order valence-electron chi connectivity index (χ3n) is 4.54. The van der Waals surface area contributed by atoms with Gasteiger partial charge in [0.2, 0.25) is 0 Å². The smallest absolute Gasteiger partial charge is 0.269 e. The van der Waals surface area contributed by atoms with E-state index in [1.807, 2.05) is 30.3 Å². The first-order valence-corrected chi connectivity index (χ1v) is 8.31. The Morgan fingerprint density at radius 1 is 1.33 bits per heavy atom. The van der Waals surface area contributed by atoms with Crippen LogP contribution >= 0.6 is 0 Å². The molecule has 3 rings (SSSR count). The van der Waals surface area contributed by atoms with Crippen LogP contribution in [-0.2, 0) is 7.05 Å². The molecule has 1 fully saturated rings. The number of carbonyl (C=O) groups excluding carboxylic acids is 1. The van der Waals surface area contributed by atoms with Crippen molar-refractivity contribution in [1.29, 1.82) is 0 Å². The number of carbonyl (C=O) groups is 1. The molecule has 0 spiro atoms. The molecule has 1 aromatic carbocycles. The number of rotatable bonds is 5. The number of hydrogen-bond acceptors (Lipinski definition) is 4. The standard InChI is InChI=1S/C18H23N3O3/c1-21-15(10-11-20-21)18(23)19-12-13-6-5-9-16(17(13)22)24-14-7-3-2-4-8-14/h2-4,7-8,10-11,13,16-17,22H,5-6,9,12H2,1H3,(H,19,23)/t13-,16-,17-/m1/s1. The lowest BCUT2D eigenvalue weighted by atomic mass is 9.84. The second kappa shape index (κ2) is 7.49. The number of nitrogens with one attached hydrogen (secondary N) is 1. The molecule has 1 aliphatic rings. The Labute approximate surface area is 141 Å². The molecule has 0 bridgehead atoms. The van der Waals surface area contributed by atoms with Gasteiger partial charge in [0.05, 0.1) is 6.10 Å². The number of benzene rings is 1. The van der Waals surface area contributed by atoms with Crippen LogP contribution in [0.2, 0.25) is 0 Å². The number of para-hydroxylation sites is 1. The Bertz CT molecular complexity index is 671. The molecule has 3 atom stereocenters. The fraction of sp³-hybridized carbons (Fsp3) is 0.444. The van der Waals surface area contributed by atoms with Crippen LogP contribution in [0.5, 0.6) is 5.75 Å². The monoisotopic (exact) mass is 329 g/mol. The van der Waals surface area contributed by atoms with E-state index in [9.17, 15) is 9.90 Å². The van der Waals surface area contributed by atoms with E-state index in [0.29, 0.717) is 12.2 Å². The lowest BCUT2D eigenvalue weighted by Crippen LogP contribution is -2.46.